The van der Waals surface area contributed by atoms with Gasteiger partial charge in [-0.3, -0.25) is 9.59 Å². The summed E-state index contributed by atoms with van der Waals surface area (Å²) in [6.45, 7) is 4.25. The van der Waals surface area contributed by atoms with Gasteiger partial charge in [0.15, 0.2) is 0 Å². The minimum Gasteiger partial charge on any atom is -0.356 e. The van der Waals surface area contributed by atoms with Crippen molar-refractivity contribution in [2.45, 2.75) is 39.0 Å². The van der Waals surface area contributed by atoms with Crippen LogP contribution in [0.2, 0.25) is 0 Å². The number of hydrogen-bond donors (Lipinski definition) is 1. The number of carbonyl (C=O) groups is 2. The average Bonchev–Trinajstić information content (AvgIpc) is 2.99. The minimum atomic E-state index is 0.0192. The summed E-state index contributed by atoms with van der Waals surface area (Å²) in [5, 5.41) is 2.84. The van der Waals surface area contributed by atoms with E-state index < -0.39 is 0 Å². The molecule has 1 saturated heterocycles. The Morgan fingerprint density at radius 2 is 1.95 bits per heavy atom. The summed E-state index contributed by atoms with van der Waals surface area (Å²) in [6, 6.07) is 8.20. The zero-order valence-corrected chi connectivity index (χ0v) is 12.7. The van der Waals surface area contributed by atoms with Crippen LogP contribution >= 0.6 is 0 Å². The minimum absolute atomic E-state index is 0.0192. The molecule has 1 aromatic carbocycles. The number of rotatable bonds is 6. The highest BCUT2D eigenvalue weighted by molar-refractivity contribution is 5.79. The molecule has 0 aromatic heterocycles. The Labute approximate surface area is 126 Å². The van der Waals surface area contributed by atoms with Crippen molar-refractivity contribution in [2.24, 2.45) is 0 Å². The Hall–Kier alpha value is -1.84. The lowest BCUT2D eigenvalue weighted by Crippen LogP contribution is -2.32. The fourth-order valence-corrected chi connectivity index (χ4v) is 2.65. The van der Waals surface area contributed by atoms with Gasteiger partial charge in [-0.05, 0) is 31.7 Å². The smallest absolute Gasteiger partial charge is 0.224 e. The van der Waals surface area contributed by atoms with Crippen LogP contribution < -0.4 is 5.32 Å². The maximum absolute atomic E-state index is 11.8. The maximum Gasteiger partial charge on any atom is 0.224 e. The zero-order valence-electron chi connectivity index (χ0n) is 12.7. The van der Waals surface area contributed by atoms with Gasteiger partial charge in [0.1, 0.15) is 0 Å². The third-order valence-electron chi connectivity index (χ3n) is 3.84. The molecule has 1 aromatic rings. The van der Waals surface area contributed by atoms with E-state index >= 15 is 0 Å². The van der Waals surface area contributed by atoms with Gasteiger partial charge >= 0.3 is 0 Å². The third kappa shape index (κ3) is 5.21. The molecule has 0 atom stereocenters. The molecule has 1 N–H and O–H groups in total. The van der Waals surface area contributed by atoms with Crippen LogP contribution in [-0.2, 0) is 16.0 Å². The fraction of sp³-hybridized carbons (Fsp3) is 0.529. The highest BCUT2D eigenvalue weighted by atomic mass is 16.2. The van der Waals surface area contributed by atoms with Crippen molar-refractivity contribution in [2.75, 3.05) is 19.6 Å². The number of nitrogens with zero attached hydrogens (tertiary/aromatic N) is 1. The first-order chi connectivity index (χ1) is 10.1. The first-order valence-electron chi connectivity index (χ1n) is 7.75. The molecule has 1 fully saturated rings. The van der Waals surface area contributed by atoms with Gasteiger partial charge in [0.05, 0.1) is 0 Å². The number of nitrogens with one attached hydrogen (secondary N) is 1. The molecular formula is C17H24N2O2. The molecule has 1 heterocycles. The van der Waals surface area contributed by atoms with E-state index in [4.69, 9.17) is 0 Å². The molecule has 2 rings (SSSR count). The monoisotopic (exact) mass is 288 g/mol. The number of benzene rings is 1. The standard InChI is InChI=1S/C17H24N2O2/c1-14-5-4-6-15(13-14)7-8-16(20)18-10-9-17(21)19-11-2-3-12-19/h4-6,13H,2-3,7-12H2,1H3,(H,18,20). The number of carbonyl (C=O) groups excluding carboxylic acids is 2. The van der Waals surface area contributed by atoms with Crippen LogP contribution in [0.4, 0.5) is 0 Å². The molecule has 2 amide bonds. The number of likely N-dealkylation sites (tertiary alicyclic amines) is 1. The van der Waals surface area contributed by atoms with Crippen LogP contribution in [0, 0.1) is 6.92 Å². The molecule has 0 spiro atoms. The molecule has 0 radical (unpaired) electrons. The third-order valence-corrected chi connectivity index (χ3v) is 3.84. The van der Waals surface area contributed by atoms with Gasteiger partial charge in [-0.2, -0.15) is 0 Å². The van der Waals surface area contributed by atoms with Gasteiger partial charge in [0, 0.05) is 32.5 Å². The summed E-state index contributed by atoms with van der Waals surface area (Å²) in [5.74, 6) is 0.178. The topological polar surface area (TPSA) is 49.4 Å². The van der Waals surface area contributed by atoms with Crippen molar-refractivity contribution in [1.29, 1.82) is 0 Å². The Kier molecular flexibility index (Phi) is 5.78. The molecule has 114 valence electrons. The molecule has 0 aliphatic carbocycles. The molecule has 21 heavy (non-hydrogen) atoms. The summed E-state index contributed by atoms with van der Waals surface area (Å²) >= 11 is 0. The fourth-order valence-electron chi connectivity index (χ4n) is 2.65. The lowest BCUT2D eigenvalue weighted by Gasteiger charge is -2.15. The normalized spacial score (nSPS) is 14.2. The van der Waals surface area contributed by atoms with Gasteiger partial charge in [0.25, 0.3) is 0 Å². The summed E-state index contributed by atoms with van der Waals surface area (Å²) in [7, 11) is 0. The van der Waals surface area contributed by atoms with E-state index in [1.165, 1.54) is 11.1 Å². The molecule has 0 bridgehead atoms. The van der Waals surface area contributed by atoms with Gasteiger partial charge in [0.2, 0.25) is 11.8 Å². The molecular weight excluding hydrogens is 264 g/mol. The summed E-state index contributed by atoms with van der Waals surface area (Å²) in [6.07, 6.45) is 3.84. The number of aryl methyl sites for hydroxylation is 2. The molecule has 1 aliphatic heterocycles. The van der Waals surface area contributed by atoms with Crippen LogP contribution in [0.5, 0.6) is 0 Å². The molecule has 4 nitrogen and oxygen atoms in total. The van der Waals surface area contributed by atoms with E-state index in [-0.39, 0.29) is 11.8 Å². The largest absolute Gasteiger partial charge is 0.356 e. The highest BCUT2D eigenvalue weighted by Gasteiger charge is 2.17. The second-order valence-electron chi connectivity index (χ2n) is 5.68. The highest BCUT2D eigenvalue weighted by Crippen LogP contribution is 2.09. The number of amides is 2. The Bertz CT molecular complexity index is 493. The second kappa shape index (κ2) is 7.81. The van der Waals surface area contributed by atoms with Gasteiger partial charge in [-0.25, -0.2) is 0 Å². The SMILES string of the molecule is Cc1cccc(CCC(=O)NCCC(=O)N2CCCC2)c1. The lowest BCUT2D eigenvalue weighted by molar-refractivity contribution is -0.130. The van der Waals surface area contributed by atoms with Crippen LogP contribution in [0.15, 0.2) is 24.3 Å². The van der Waals surface area contributed by atoms with Crippen LogP contribution in [-0.4, -0.2) is 36.3 Å². The summed E-state index contributed by atoms with van der Waals surface area (Å²) in [4.78, 5) is 25.5. The van der Waals surface area contributed by atoms with Gasteiger partial charge in [-0.15, -0.1) is 0 Å². The van der Waals surface area contributed by atoms with Crippen molar-refractivity contribution < 1.29 is 9.59 Å². The van der Waals surface area contributed by atoms with E-state index in [1.807, 2.05) is 30.0 Å². The summed E-state index contributed by atoms with van der Waals surface area (Å²) in [5.41, 5.74) is 2.39. The zero-order chi connectivity index (χ0) is 15.1. The molecule has 0 unspecified atom stereocenters. The quantitative estimate of drug-likeness (QED) is 0.871. The van der Waals surface area contributed by atoms with Gasteiger partial charge in [-0.1, -0.05) is 29.8 Å². The van der Waals surface area contributed by atoms with Crippen LogP contribution in [0.3, 0.4) is 0 Å². The first-order valence-corrected chi connectivity index (χ1v) is 7.75. The second-order valence-corrected chi connectivity index (χ2v) is 5.68. The van der Waals surface area contributed by atoms with Crippen molar-refractivity contribution in [3.63, 3.8) is 0 Å². The van der Waals surface area contributed by atoms with E-state index in [1.54, 1.807) is 0 Å². The lowest BCUT2D eigenvalue weighted by atomic mass is 10.1. The van der Waals surface area contributed by atoms with E-state index in [0.29, 0.717) is 19.4 Å². The molecule has 4 heteroatoms. The molecule has 0 saturated carbocycles. The van der Waals surface area contributed by atoms with Crippen LogP contribution in [0.1, 0.15) is 36.8 Å². The average molecular weight is 288 g/mol. The van der Waals surface area contributed by atoms with Crippen LogP contribution in [0.25, 0.3) is 0 Å². The Morgan fingerprint density at radius 3 is 2.67 bits per heavy atom. The maximum atomic E-state index is 11.8. The van der Waals surface area contributed by atoms with Crippen molar-refractivity contribution in [1.82, 2.24) is 10.2 Å². The van der Waals surface area contributed by atoms with Crippen molar-refractivity contribution >= 4 is 11.8 Å². The Balaban J connectivity index is 1.62. The summed E-state index contributed by atoms with van der Waals surface area (Å²) < 4.78 is 0. The predicted molar refractivity (Wildman–Crippen MR) is 82.9 cm³/mol. The van der Waals surface area contributed by atoms with E-state index in [2.05, 4.69) is 11.4 Å². The first kappa shape index (κ1) is 15.5. The molecule has 1 aliphatic rings. The van der Waals surface area contributed by atoms with Crippen molar-refractivity contribution in [3.8, 4) is 0 Å². The Morgan fingerprint density at radius 1 is 1.19 bits per heavy atom. The van der Waals surface area contributed by atoms with E-state index in [0.717, 1.165) is 32.4 Å². The van der Waals surface area contributed by atoms with Crippen molar-refractivity contribution in [3.05, 3.63) is 35.4 Å². The predicted octanol–water partition coefficient (Wildman–Crippen LogP) is 2.06. The number of hydrogen-bond acceptors (Lipinski definition) is 2. The van der Waals surface area contributed by atoms with Gasteiger partial charge < -0.3 is 10.2 Å². The van der Waals surface area contributed by atoms with E-state index in [9.17, 15) is 9.59 Å².